The van der Waals surface area contributed by atoms with Crippen molar-refractivity contribution < 1.29 is 38.4 Å². The van der Waals surface area contributed by atoms with Crippen LogP contribution < -0.4 is 29.6 Å². The molecule has 4 aromatic rings. The number of hydrogen-bond donors (Lipinski definition) is 3. The number of halogens is 1. The maximum absolute atomic E-state index is 13.4. The Morgan fingerprint density at radius 1 is 0.867 bits per heavy atom. The Bertz CT molecular complexity index is 1770. The van der Waals surface area contributed by atoms with Crippen molar-refractivity contribution in [3.63, 3.8) is 0 Å². The van der Waals surface area contributed by atoms with Gasteiger partial charge in [0.05, 0.1) is 32.8 Å². The van der Waals surface area contributed by atoms with Crippen molar-refractivity contribution in [2.45, 2.75) is 12.0 Å². The number of nitrogens with one attached hydrogen (secondary N) is 2. The summed E-state index contributed by atoms with van der Waals surface area (Å²) >= 11 is 5.95. The molecular formula is C34H29ClN2O8. The highest BCUT2D eigenvalue weighted by molar-refractivity contribution is 6.30. The van der Waals surface area contributed by atoms with E-state index in [9.17, 15) is 14.7 Å². The van der Waals surface area contributed by atoms with E-state index in [1.54, 1.807) is 36.4 Å². The minimum absolute atomic E-state index is 0.0972. The summed E-state index contributed by atoms with van der Waals surface area (Å²) in [5.74, 6) is -0.252. The first kappa shape index (κ1) is 28.7. The number of benzene rings is 4. The Morgan fingerprint density at radius 2 is 1.49 bits per heavy atom. The number of phenolic OH excluding ortho intramolecular Hbond substituents is 1. The number of anilines is 2. The van der Waals surface area contributed by atoms with Gasteiger partial charge in [0.1, 0.15) is 0 Å². The van der Waals surface area contributed by atoms with Gasteiger partial charge in [-0.25, -0.2) is 0 Å². The molecule has 1 saturated heterocycles. The van der Waals surface area contributed by atoms with Crippen LogP contribution in [0.15, 0.2) is 72.8 Å². The maximum Gasteiger partial charge on any atom is 0.310 e. The molecule has 1 aliphatic carbocycles. The third-order valence-corrected chi connectivity index (χ3v) is 8.87. The lowest BCUT2D eigenvalue weighted by Gasteiger charge is -2.40. The van der Waals surface area contributed by atoms with E-state index in [4.69, 9.17) is 35.3 Å². The fraction of sp³-hybridized carbons (Fsp3) is 0.235. The summed E-state index contributed by atoms with van der Waals surface area (Å²) in [7, 11) is 2.93. The molecule has 1 fully saturated rings. The summed E-state index contributed by atoms with van der Waals surface area (Å²) in [6.07, 6.45) is 0. The zero-order valence-electron chi connectivity index (χ0n) is 24.3. The van der Waals surface area contributed by atoms with Crippen molar-refractivity contribution in [2.24, 2.45) is 11.8 Å². The molecule has 4 atom stereocenters. The van der Waals surface area contributed by atoms with E-state index >= 15 is 0 Å². The lowest BCUT2D eigenvalue weighted by atomic mass is 9.65. The van der Waals surface area contributed by atoms with Gasteiger partial charge >= 0.3 is 5.97 Å². The molecule has 0 saturated carbocycles. The van der Waals surface area contributed by atoms with Crippen molar-refractivity contribution in [1.82, 2.24) is 0 Å². The van der Waals surface area contributed by atoms with Crippen LogP contribution in [0.25, 0.3) is 0 Å². The fourth-order valence-electron chi connectivity index (χ4n) is 6.47. The highest BCUT2D eigenvalue weighted by Crippen LogP contribution is 2.56. The van der Waals surface area contributed by atoms with Gasteiger partial charge in [0, 0.05) is 33.8 Å². The molecule has 2 aliphatic heterocycles. The van der Waals surface area contributed by atoms with Crippen molar-refractivity contribution in [1.29, 1.82) is 0 Å². The zero-order chi connectivity index (χ0) is 31.2. The normalized spacial score (nSPS) is 20.9. The fourth-order valence-corrected chi connectivity index (χ4v) is 6.60. The predicted molar refractivity (Wildman–Crippen MR) is 166 cm³/mol. The zero-order valence-corrected chi connectivity index (χ0v) is 25.1. The molecule has 4 aromatic carbocycles. The Labute approximate surface area is 263 Å². The molecule has 1 amide bonds. The standard InChI is InChI=1S/C34H29ClN2O8/c1-41-27-11-18(12-28(42-2)32(27)38)29-22-13-25-26(45-16-44-25)14-23(22)31(24-15-43-34(40)30(24)29)36-20-7-9-21(10-8-20)37-33(39)17-3-5-19(35)6-4-17/h3-14,24,29-31,36,38H,15-16H2,1-2H3,(H,37,39)/t24-,29+,30-,31+/m0/s1. The molecule has 45 heavy (non-hydrogen) atoms. The van der Waals surface area contributed by atoms with Gasteiger partial charge in [-0.3, -0.25) is 9.59 Å². The summed E-state index contributed by atoms with van der Waals surface area (Å²) < 4.78 is 28.1. The van der Waals surface area contributed by atoms with Crippen molar-refractivity contribution in [3.8, 4) is 28.7 Å². The van der Waals surface area contributed by atoms with Crippen LogP contribution in [0.3, 0.4) is 0 Å². The first-order valence-corrected chi connectivity index (χ1v) is 14.7. The van der Waals surface area contributed by atoms with Gasteiger partial charge in [0.2, 0.25) is 12.5 Å². The second-order valence-corrected chi connectivity index (χ2v) is 11.5. The number of cyclic esters (lactones) is 1. The average molecular weight is 629 g/mol. The van der Waals surface area contributed by atoms with E-state index < -0.39 is 11.8 Å². The molecule has 230 valence electrons. The Morgan fingerprint density at radius 3 is 2.13 bits per heavy atom. The first-order valence-electron chi connectivity index (χ1n) is 14.3. The summed E-state index contributed by atoms with van der Waals surface area (Å²) in [5.41, 5.74) is 4.43. The van der Waals surface area contributed by atoms with Gasteiger partial charge in [-0.2, -0.15) is 0 Å². The van der Waals surface area contributed by atoms with E-state index in [0.717, 1.165) is 22.4 Å². The van der Waals surface area contributed by atoms with Crippen molar-refractivity contribution in [2.75, 3.05) is 38.3 Å². The van der Waals surface area contributed by atoms with Gasteiger partial charge in [0.15, 0.2) is 23.0 Å². The highest BCUT2D eigenvalue weighted by atomic mass is 35.5. The monoisotopic (exact) mass is 628 g/mol. The Hall–Kier alpha value is -5.09. The van der Waals surface area contributed by atoms with Gasteiger partial charge in [-0.05, 0) is 89.5 Å². The second kappa shape index (κ2) is 11.4. The summed E-state index contributed by atoms with van der Waals surface area (Å²) in [6.45, 7) is 0.313. The van der Waals surface area contributed by atoms with Crippen LogP contribution >= 0.6 is 11.6 Å². The Balaban J connectivity index is 1.25. The van der Waals surface area contributed by atoms with Gasteiger partial charge in [-0.15, -0.1) is 0 Å². The first-order chi connectivity index (χ1) is 21.8. The Kier molecular flexibility index (Phi) is 7.29. The minimum Gasteiger partial charge on any atom is -0.502 e. The van der Waals surface area contributed by atoms with Crippen LogP contribution in [0.2, 0.25) is 5.02 Å². The lowest BCUT2D eigenvalue weighted by Crippen LogP contribution is -2.37. The molecule has 0 spiro atoms. The van der Waals surface area contributed by atoms with Crippen molar-refractivity contribution >= 4 is 34.9 Å². The molecule has 0 radical (unpaired) electrons. The van der Waals surface area contributed by atoms with E-state index in [-0.39, 0.29) is 54.5 Å². The number of carbonyl (C=O) groups is 2. The minimum atomic E-state index is -0.549. The third-order valence-electron chi connectivity index (χ3n) is 8.62. The van der Waals surface area contributed by atoms with E-state index in [1.165, 1.54) is 14.2 Å². The highest BCUT2D eigenvalue weighted by Gasteiger charge is 2.52. The number of amides is 1. The molecular weight excluding hydrogens is 600 g/mol. The molecule has 3 N–H and O–H groups in total. The number of fused-ring (bicyclic) bond motifs is 3. The number of methoxy groups -OCH3 is 2. The number of rotatable bonds is 7. The quantitative estimate of drug-likeness (QED) is 0.207. The van der Waals surface area contributed by atoms with Crippen LogP contribution in [0.1, 0.15) is 39.0 Å². The number of aromatic hydroxyl groups is 1. The number of ether oxygens (including phenoxy) is 5. The number of esters is 1. The number of carbonyl (C=O) groups excluding carboxylic acids is 2. The molecule has 2 heterocycles. The third kappa shape index (κ3) is 5.10. The summed E-state index contributed by atoms with van der Waals surface area (Å²) in [5, 5.41) is 17.7. The summed E-state index contributed by atoms with van der Waals surface area (Å²) in [6, 6.07) is 21.0. The van der Waals surface area contributed by atoms with E-state index in [2.05, 4.69) is 10.6 Å². The topological polar surface area (TPSA) is 125 Å². The SMILES string of the molecule is COc1cc([C@@H]2c3cc4c(cc3[C@@H](Nc3ccc(NC(=O)c5ccc(Cl)cc5)cc3)[C@H]3COC(=O)[C@H]23)OCO4)cc(OC)c1O. The number of hydrogen-bond acceptors (Lipinski definition) is 9. The van der Waals surface area contributed by atoms with E-state index in [0.29, 0.717) is 27.8 Å². The number of phenols is 1. The smallest absolute Gasteiger partial charge is 0.310 e. The van der Waals surface area contributed by atoms with Crippen molar-refractivity contribution in [3.05, 3.63) is 100 Å². The van der Waals surface area contributed by atoms with Gasteiger partial charge in [-0.1, -0.05) is 11.6 Å². The van der Waals surface area contributed by atoms with Crippen LogP contribution in [0.5, 0.6) is 28.7 Å². The maximum atomic E-state index is 13.4. The van der Waals surface area contributed by atoms with Crippen LogP contribution in [0, 0.1) is 11.8 Å². The molecule has 3 aliphatic rings. The summed E-state index contributed by atoms with van der Waals surface area (Å²) in [4.78, 5) is 26.1. The average Bonchev–Trinajstić information content (AvgIpc) is 3.67. The van der Waals surface area contributed by atoms with Gasteiger partial charge < -0.3 is 39.4 Å². The van der Waals surface area contributed by atoms with Crippen LogP contribution in [0.4, 0.5) is 11.4 Å². The lowest BCUT2D eigenvalue weighted by molar-refractivity contribution is -0.141. The molecule has 0 unspecified atom stereocenters. The van der Waals surface area contributed by atoms with Crippen LogP contribution in [-0.4, -0.2) is 44.6 Å². The molecule has 0 aromatic heterocycles. The van der Waals surface area contributed by atoms with E-state index in [1.807, 2.05) is 36.4 Å². The molecule has 7 rings (SSSR count). The molecule has 11 heteroatoms. The van der Waals surface area contributed by atoms with Gasteiger partial charge in [0.25, 0.3) is 5.91 Å². The molecule has 0 bridgehead atoms. The second-order valence-electron chi connectivity index (χ2n) is 11.1. The van der Waals surface area contributed by atoms with Crippen LogP contribution in [-0.2, 0) is 9.53 Å². The molecule has 10 nitrogen and oxygen atoms in total. The largest absolute Gasteiger partial charge is 0.502 e. The predicted octanol–water partition coefficient (Wildman–Crippen LogP) is 6.13.